The van der Waals surface area contributed by atoms with Gasteiger partial charge in [-0.25, -0.2) is 0 Å². The van der Waals surface area contributed by atoms with Crippen molar-refractivity contribution in [2.45, 2.75) is 32.7 Å². The molecule has 0 aliphatic heterocycles. The maximum atomic E-state index is 7.55. The zero-order valence-electron chi connectivity index (χ0n) is 12.5. The Labute approximate surface area is 121 Å². The molecule has 4 nitrogen and oxygen atoms in total. The molecular formula is C16H25N3O. The zero-order valence-corrected chi connectivity index (χ0v) is 12.5. The molecule has 20 heavy (non-hydrogen) atoms. The van der Waals surface area contributed by atoms with Crippen LogP contribution in [0, 0.1) is 11.3 Å². The fourth-order valence-electron chi connectivity index (χ4n) is 2.53. The molecule has 110 valence electrons. The number of nitrogens with zero attached hydrogens (tertiary/aromatic N) is 1. The molecule has 1 aliphatic carbocycles. The Morgan fingerprint density at radius 3 is 2.75 bits per heavy atom. The number of methoxy groups -OCH3 is 1. The number of nitrogen functional groups attached to an aromatic ring is 1. The minimum absolute atomic E-state index is 0.0526. The van der Waals surface area contributed by atoms with Crippen molar-refractivity contribution in [1.29, 1.82) is 5.41 Å². The fourth-order valence-corrected chi connectivity index (χ4v) is 2.53. The van der Waals surface area contributed by atoms with E-state index >= 15 is 0 Å². The number of hydrogen-bond acceptors (Lipinski definition) is 3. The number of ether oxygens (including phenoxy) is 1. The highest BCUT2D eigenvalue weighted by Gasteiger charge is 2.24. The van der Waals surface area contributed by atoms with Gasteiger partial charge in [0, 0.05) is 13.1 Å². The normalized spacial score (nSPS) is 14.6. The molecular weight excluding hydrogens is 250 g/mol. The van der Waals surface area contributed by atoms with Gasteiger partial charge in [-0.1, -0.05) is 13.0 Å². The number of nitrogens with two attached hydrogens (primary N) is 1. The third kappa shape index (κ3) is 3.97. The van der Waals surface area contributed by atoms with Gasteiger partial charge in [0.05, 0.1) is 12.7 Å². The van der Waals surface area contributed by atoms with Crippen LogP contribution in [0.5, 0.6) is 5.75 Å². The van der Waals surface area contributed by atoms with Gasteiger partial charge in [-0.3, -0.25) is 10.3 Å². The van der Waals surface area contributed by atoms with E-state index in [4.69, 9.17) is 15.9 Å². The Morgan fingerprint density at radius 2 is 2.20 bits per heavy atom. The Bertz CT molecular complexity index is 469. The van der Waals surface area contributed by atoms with Crippen molar-refractivity contribution in [3.8, 4) is 5.75 Å². The molecule has 0 amide bonds. The first kappa shape index (κ1) is 14.9. The number of hydrogen-bond donors (Lipinski definition) is 2. The first-order valence-electron chi connectivity index (χ1n) is 7.37. The molecule has 1 saturated carbocycles. The van der Waals surface area contributed by atoms with Gasteiger partial charge in [-0.05, 0) is 49.4 Å². The monoisotopic (exact) mass is 275 g/mol. The predicted octanol–water partition coefficient (Wildman–Crippen LogP) is 2.60. The minimum atomic E-state index is 0.0526. The Kier molecular flexibility index (Phi) is 5.01. The third-order valence-electron chi connectivity index (χ3n) is 3.72. The highest BCUT2D eigenvalue weighted by atomic mass is 16.5. The maximum Gasteiger partial charge on any atom is 0.130 e. The van der Waals surface area contributed by atoms with Crippen LogP contribution in [0.4, 0.5) is 0 Å². The molecule has 2 rings (SSSR count). The Morgan fingerprint density at radius 1 is 1.45 bits per heavy atom. The molecule has 0 unspecified atom stereocenters. The second-order valence-electron chi connectivity index (χ2n) is 5.63. The summed E-state index contributed by atoms with van der Waals surface area (Å²) in [7, 11) is 1.62. The zero-order chi connectivity index (χ0) is 14.5. The predicted molar refractivity (Wildman–Crippen MR) is 82.3 cm³/mol. The lowest BCUT2D eigenvalue weighted by Crippen LogP contribution is -2.26. The van der Waals surface area contributed by atoms with E-state index in [2.05, 4.69) is 17.9 Å². The molecule has 0 bridgehead atoms. The summed E-state index contributed by atoms with van der Waals surface area (Å²) in [5.74, 6) is 1.65. The van der Waals surface area contributed by atoms with Crippen molar-refractivity contribution < 1.29 is 4.74 Å². The van der Waals surface area contributed by atoms with Crippen LogP contribution in [0.15, 0.2) is 18.2 Å². The standard InChI is InChI=1S/C16H25N3O/c1-3-8-19(10-12-4-5-12)11-13-6-7-14(16(17)18)15(9-13)20-2/h6-7,9,12H,3-5,8,10-11H2,1-2H3,(H3,17,18). The number of nitrogens with one attached hydrogen (secondary N) is 1. The largest absolute Gasteiger partial charge is 0.496 e. The first-order valence-corrected chi connectivity index (χ1v) is 7.37. The summed E-state index contributed by atoms with van der Waals surface area (Å²) < 4.78 is 5.34. The molecule has 0 spiro atoms. The molecule has 4 heteroatoms. The molecule has 1 aliphatic rings. The third-order valence-corrected chi connectivity index (χ3v) is 3.72. The van der Waals surface area contributed by atoms with Crippen LogP contribution >= 0.6 is 0 Å². The fraction of sp³-hybridized carbons (Fsp3) is 0.562. The van der Waals surface area contributed by atoms with E-state index in [1.807, 2.05) is 12.1 Å². The lowest BCUT2D eigenvalue weighted by Gasteiger charge is -2.22. The van der Waals surface area contributed by atoms with Gasteiger partial charge in [0.2, 0.25) is 0 Å². The van der Waals surface area contributed by atoms with Gasteiger partial charge in [-0.2, -0.15) is 0 Å². The van der Waals surface area contributed by atoms with Crippen LogP contribution in [-0.2, 0) is 6.54 Å². The van der Waals surface area contributed by atoms with Crippen LogP contribution in [0.3, 0.4) is 0 Å². The van der Waals surface area contributed by atoms with Gasteiger partial charge in [0.1, 0.15) is 11.6 Å². The summed E-state index contributed by atoms with van der Waals surface area (Å²) in [5.41, 5.74) is 7.45. The molecule has 0 saturated heterocycles. The average Bonchev–Trinajstić information content (AvgIpc) is 3.22. The average molecular weight is 275 g/mol. The Hall–Kier alpha value is -1.55. The van der Waals surface area contributed by atoms with Crippen LogP contribution in [0.25, 0.3) is 0 Å². The number of amidine groups is 1. The van der Waals surface area contributed by atoms with E-state index < -0.39 is 0 Å². The van der Waals surface area contributed by atoms with Crippen LogP contribution in [-0.4, -0.2) is 30.9 Å². The van der Waals surface area contributed by atoms with Crippen molar-refractivity contribution in [2.75, 3.05) is 20.2 Å². The highest BCUT2D eigenvalue weighted by Crippen LogP contribution is 2.30. The van der Waals surface area contributed by atoms with Crippen molar-refractivity contribution in [2.24, 2.45) is 11.7 Å². The second kappa shape index (κ2) is 6.75. The highest BCUT2D eigenvalue weighted by molar-refractivity contribution is 5.97. The minimum Gasteiger partial charge on any atom is -0.496 e. The van der Waals surface area contributed by atoms with Crippen molar-refractivity contribution >= 4 is 5.84 Å². The molecule has 0 radical (unpaired) electrons. The summed E-state index contributed by atoms with van der Waals surface area (Å²) >= 11 is 0. The summed E-state index contributed by atoms with van der Waals surface area (Å²) in [6, 6.07) is 5.94. The summed E-state index contributed by atoms with van der Waals surface area (Å²) in [4.78, 5) is 2.51. The van der Waals surface area contributed by atoms with E-state index in [1.165, 1.54) is 31.4 Å². The van der Waals surface area contributed by atoms with E-state index in [-0.39, 0.29) is 5.84 Å². The number of benzene rings is 1. The van der Waals surface area contributed by atoms with E-state index in [0.29, 0.717) is 11.3 Å². The van der Waals surface area contributed by atoms with E-state index in [0.717, 1.165) is 19.0 Å². The quantitative estimate of drug-likeness (QED) is 0.566. The molecule has 1 fully saturated rings. The molecule has 0 atom stereocenters. The van der Waals surface area contributed by atoms with E-state index in [1.54, 1.807) is 7.11 Å². The lowest BCUT2D eigenvalue weighted by atomic mass is 10.1. The van der Waals surface area contributed by atoms with Gasteiger partial charge in [0.25, 0.3) is 0 Å². The summed E-state index contributed by atoms with van der Waals surface area (Å²) in [6.07, 6.45) is 3.94. The van der Waals surface area contributed by atoms with Crippen molar-refractivity contribution in [3.63, 3.8) is 0 Å². The maximum absolute atomic E-state index is 7.55. The van der Waals surface area contributed by atoms with Gasteiger partial charge >= 0.3 is 0 Å². The van der Waals surface area contributed by atoms with Crippen LogP contribution in [0.1, 0.15) is 37.3 Å². The Balaban J connectivity index is 2.08. The SMILES string of the molecule is CCCN(Cc1ccc(C(=N)N)c(OC)c1)CC1CC1. The van der Waals surface area contributed by atoms with Crippen molar-refractivity contribution in [1.82, 2.24) is 4.90 Å². The summed E-state index contributed by atoms with van der Waals surface area (Å²) in [6.45, 7) is 5.50. The molecule has 0 heterocycles. The van der Waals surface area contributed by atoms with Crippen LogP contribution < -0.4 is 10.5 Å². The van der Waals surface area contributed by atoms with E-state index in [9.17, 15) is 0 Å². The lowest BCUT2D eigenvalue weighted by molar-refractivity contribution is 0.254. The molecule has 1 aromatic rings. The van der Waals surface area contributed by atoms with Gasteiger partial charge < -0.3 is 10.5 Å². The van der Waals surface area contributed by atoms with Crippen molar-refractivity contribution in [3.05, 3.63) is 29.3 Å². The summed E-state index contributed by atoms with van der Waals surface area (Å²) in [5, 5.41) is 7.55. The number of rotatable bonds is 8. The first-order chi connectivity index (χ1) is 9.63. The molecule has 0 aromatic heterocycles. The topological polar surface area (TPSA) is 62.3 Å². The second-order valence-corrected chi connectivity index (χ2v) is 5.63. The molecule has 3 N–H and O–H groups in total. The smallest absolute Gasteiger partial charge is 0.130 e. The van der Waals surface area contributed by atoms with Gasteiger partial charge in [0.15, 0.2) is 0 Å². The van der Waals surface area contributed by atoms with Gasteiger partial charge in [-0.15, -0.1) is 0 Å². The molecule has 1 aromatic carbocycles. The van der Waals surface area contributed by atoms with Crippen LogP contribution in [0.2, 0.25) is 0 Å².